The Morgan fingerprint density at radius 2 is 2.11 bits per heavy atom. The maximum absolute atomic E-state index is 12.7. The molecule has 5 N–H and O–H groups in total. The number of benzene rings is 1. The van der Waals surface area contributed by atoms with Gasteiger partial charge in [-0.15, -0.1) is 22.0 Å². The Balaban J connectivity index is 1.48. The largest absolute Gasteiger partial charge is 0.508 e. The molecule has 0 spiro atoms. The molecule has 2 fully saturated rings. The van der Waals surface area contributed by atoms with E-state index in [1.807, 2.05) is 13.8 Å². The van der Waals surface area contributed by atoms with Crippen molar-refractivity contribution >= 4 is 23.6 Å². The van der Waals surface area contributed by atoms with E-state index in [2.05, 4.69) is 25.9 Å². The van der Waals surface area contributed by atoms with Crippen LogP contribution in [0.2, 0.25) is 0 Å². The molecule has 0 saturated carbocycles. The van der Waals surface area contributed by atoms with E-state index in [4.69, 9.17) is 5.73 Å². The zero-order chi connectivity index (χ0) is 19.3. The number of β-lactam (4-membered cyclic amide) rings is 1. The second kappa shape index (κ2) is 6.20. The van der Waals surface area contributed by atoms with Gasteiger partial charge in [-0.3, -0.25) is 9.59 Å². The number of hydrogen-bond acceptors (Lipinski definition) is 8. The monoisotopic (exact) mass is 389 g/mol. The zero-order valence-corrected chi connectivity index (χ0v) is 15.5. The molecule has 2 saturated heterocycles. The molecule has 2 amide bonds. The first-order chi connectivity index (χ1) is 12.8. The van der Waals surface area contributed by atoms with Gasteiger partial charge in [0.25, 0.3) is 0 Å². The molecule has 4 unspecified atom stereocenters. The number of nitrogens with zero attached hydrogens (tertiary/aromatic N) is 4. The molecular formula is C16H19N7O3S. The lowest BCUT2D eigenvalue weighted by Crippen LogP contribution is -2.68. The molecule has 3 heterocycles. The molecule has 10 nitrogen and oxygen atoms in total. The highest BCUT2D eigenvalue weighted by Crippen LogP contribution is 2.56. The summed E-state index contributed by atoms with van der Waals surface area (Å²) in [6.45, 7) is 4.01. The molecule has 0 bridgehead atoms. The number of rotatable bonds is 4. The molecule has 4 rings (SSSR count). The van der Waals surface area contributed by atoms with Crippen LogP contribution in [-0.4, -0.2) is 58.6 Å². The topological polar surface area (TPSA) is 150 Å². The van der Waals surface area contributed by atoms with Crippen LogP contribution in [0.1, 0.15) is 37.3 Å². The highest BCUT2D eigenvalue weighted by Gasteiger charge is 2.63. The first-order valence-corrected chi connectivity index (χ1v) is 9.26. The van der Waals surface area contributed by atoms with Gasteiger partial charge in [-0.25, -0.2) is 0 Å². The smallest absolute Gasteiger partial charge is 0.249 e. The van der Waals surface area contributed by atoms with Crippen LogP contribution < -0.4 is 11.1 Å². The molecule has 0 aliphatic carbocycles. The van der Waals surface area contributed by atoms with Crippen molar-refractivity contribution in [2.24, 2.45) is 5.73 Å². The summed E-state index contributed by atoms with van der Waals surface area (Å²) in [4.78, 5) is 26.9. The lowest BCUT2D eigenvalue weighted by Gasteiger charge is -2.44. The second-order valence-corrected chi connectivity index (χ2v) is 8.86. The van der Waals surface area contributed by atoms with Gasteiger partial charge < -0.3 is 21.1 Å². The van der Waals surface area contributed by atoms with E-state index in [0.29, 0.717) is 11.4 Å². The van der Waals surface area contributed by atoms with Gasteiger partial charge in [-0.05, 0) is 31.5 Å². The molecule has 142 valence electrons. The number of carbonyl (C=O) groups excluding carboxylic acids is 2. The lowest BCUT2D eigenvalue weighted by molar-refractivity contribution is -0.152. The third-order valence-electron chi connectivity index (χ3n) is 4.88. The number of carbonyl (C=O) groups is 2. The Hall–Kier alpha value is -2.66. The maximum atomic E-state index is 12.7. The fourth-order valence-electron chi connectivity index (χ4n) is 3.53. The number of tetrazole rings is 1. The Labute approximate surface area is 158 Å². The minimum Gasteiger partial charge on any atom is -0.508 e. The van der Waals surface area contributed by atoms with E-state index in [1.54, 1.807) is 28.8 Å². The van der Waals surface area contributed by atoms with Crippen molar-refractivity contribution in [3.8, 4) is 5.75 Å². The number of aromatic nitrogens is 4. The van der Waals surface area contributed by atoms with Crippen molar-refractivity contribution in [3.05, 3.63) is 35.7 Å². The van der Waals surface area contributed by atoms with E-state index in [-0.39, 0.29) is 27.8 Å². The summed E-state index contributed by atoms with van der Waals surface area (Å²) in [6.07, 6.45) is 0. The Morgan fingerprint density at radius 1 is 1.41 bits per heavy atom. The standard InChI is InChI=1S/C16H19N7O3S/c1-16(2)11(12-19-21-22-20-12)23-14(26)10(15(23)27-16)18-13(25)9(17)7-3-5-8(24)6-4-7/h3-6,9-11,15,24H,17H2,1-2H3,(H,18,25)(H,19,20,21,22). The van der Waals surface area contributed by atoms with Crippen LogP contribution in [0.25, 0.3) is 0 Å². The molecule has 11 heteroatoms. The number of phenols is 1. The van der Waals surface area contributed by atoms with Crippen LogP contribution in [0.15, 0.2) is 24.3 Å². The summed E-state index contributed by atoms with van der Waals surface area (Å²) in [6, 6.07) is 4.18. The number of aromatic amines is 1. The van der Waals surface area contributed by atoms with Crippen molar-refractivity contribution in [1.29, 1.82) is 0 Å². The van der Waals surface area contributed by atoms with Crippen LogP contribution in [0, 0.1) is 0 Å². The highest BCUT2D eigenvalue weighted by atomic mass is 32.2. The van der Waals surface area contributed by atoms with Crippen LogP contribution >= 0.6 is 11.8 Å². The molecule has 27 heavy (non-hydrogen) atoms. The van der Waals surface area contributed by atoms with Crippen molar-refractivity contribution in [2.75, 3.05) is 0 Å². The number of hydrogen-bond donors (Lipinski definition) is 4. The van der Waals surface area contributed by atoms with Gasteiger partial charge in [0, 0.05) is 4.75 Å². The number of fused-ring (bicyclic) bond motifs is 1. The number of H-pyrrole nitrogens is 1. The van der Waals surface area contributed by atoms with Gasteiger partial charge in [-0.2, -0.15) is 5.21 Å². The lowest BCUT2D eigenvalue weighted by atomic mass is 9.95. The fourth-order valence-corrected chi connectivity index (χ4v) is 5.16. The third-order valence-corrected chi connectivity index (χ3v) is 6.45. The van der Waals surface area contributed by atoms with Gasteiger partial charge in [0.15, 0.2) is 5.82 Å². The van der Waals surface area contributed by atoms with Gasteiger partial charge in [0.1, 0.15) is 29.2 Å². The summed E-state index contributed by atoms with van der Waals surface area (Å²) in [5.41, 5.74) is 6.55. The summed E-state index contributed by atoms with van der Waals surface area (Å²) in [5.74, 6) is -0.0959. The van der Waals surface area contributed by atoms with Gasteiger partial charge >= 0.3 is 0 Å². The van der Waals surface area contributed by atoms with Gasteiger partial charge in [0.05, 0.1) is 0 Å². The molecule has 4 atom stereocenters. The summed E-state index contributed by atoms with van der Waals surface area (Å²) >= 11 is 1.58. The maximum Gasteiger partial charge on any atom is 0.249 e. The number of thioether (sulfide) groups is 1. The van der Waals surface area contributed by atoms with Crippen molar-refractivity contribution in [2.45, 2.75) is 42.1 Å². The molecule has 2 aromatic rings. The van der Waals surface area contributed by atoms with Gasteiger partial charge in [-0.1, -0.05) is 17.3 Å². The first-order valence-electron chi connectivity index (χ1n) is 8.38. The molecule has 1 aromatic heterocycles. The number of aromatic hydroxyl groups is 1. The summed E-state index contributed by atoms with van der Waals surface area (Å²) in [5, 5.41) is 25.9. The fraction of sp³-hybridized carbons (Fsp3) is 0.438. The van der Waals surface area contributed by atoms with Crippen molar-refractivity contribution < 1.29 is 14.7 Å². The minimum absolute atomic E-state index is 0.0910. The van der Waals surface area contributed by atoms with E-state index < -0.39 is 18.0 Å². The van der Waals surface area contributed by atoms with Crippen LogP contribution in [0.3, 0.4) is 0 Å². The molecule has 1 aromatic carbocycles. The Morgan fingerprint density at radius 3 is 2.74 bits per heavy atom. The number of nitrogens with one attached hydrogen (secondary N) is 2. The Kier molecular flexibility index (Phi) is 4.07. The number of amides is 2. The Bertz CT molecular complexity index is 871. The van der Waals surface area contributed by atoms with Crippen LogP contribution in [0.4, 0.5) is 0 Å². The molecule has 2 aliphatic heterocycles. The normalized spacial score (nSPS) is 27.0. The zero-order valence-electron chi connectivity index (χ0n) is 14.7. The van der Waals surface area contributed by atoms with Crippen molar-refractivity contribution in [1.82, 2.24) is 30.8 Å². The SMILES string of the molecule is CC1(C)SC2C(NC(=O)C(N)c3ccc(O)cc3)C(=O)N2C1c1nn[nH]n1. The predicted octanol–water partition coefficient (Wildman–Crippen LogP) is -0.175. The number of phenolic OH excluding ortho intramolecular Hbond substituents is 1. The van der Waals surface area contributed by atoms with Gasteiger partial charge in [0.2, 0.25) is 11.8 Å². The average Bonchev–Trinajstić information content (AvgIpc) is 3.23. The second-order valence-electron chi connectivity index (χ2n) is 7.09. The molecular weight excluding hydrogens is 370 g/mol. The van der Waals surface area contributed by atoms with E-state index in [9.17, 15) is 14.7 Å². The van der Waals surface area contributed by atoms with E-state index in [0.717, 1.165) is 0 Å². The first kappa shape index (κ1) is 17.7. The van der Waals surface area contributed by atoms with Crippen molar-refractivity contribution in [3.63, 3.8) is 0 Å². The molecule has 0 radical (unpaired) electrons. The summed E-state index contributed by atoms with van der Waals surface area (Å²) < 4.78 is -0.331. The van der Waals surface area contributed by atoms with Crippen LogP contribution in [0.5, 0.6) is 5.75 Å². The third kappa shape index (κ3) is 2.82. The quantitative estimate of drug-likeness (QED) is 0.526. The summed E-state index contributed by atoms with van der Waals surface area (Å²) in [7, 11) is 0. The number of nitrogens with two attached hydrogens (primary N) is 1. The van der Waals surface area contributed by atoms with Crippen LogP contribution in [-0.2, 0) is 9.59 Å². The minimum atomic E-state index is -0.931. The average molecular weight is 389 g/mol. The van der Waals surface area contributed by atoms with E-state index in [1.165, 1.54) is 12.1 Å². The predicted molar refractivity (Wildman–Crippen MR) is 96.2 cm³/mol. The highest BCUT2D eigenvalue weighted by molar-refractivity contribution is 8.01. The molecule has 2 aliphatic rings. The van der Waals surface area contributed by atoms with E-state index >= 15 is 0 Å².